The number of nitrogens with zero attached hydrogens (tertiary/aromatic N) is 3. The van der Waals surface area contributed by atoms with Crippen LogP contribution in [0.1, 0.15) is 13.8 Å². The second-order valence-electron chi connectivity index (χ2n) is 7.84. The van der Waals surface area contributed by atoms with E-state index in [4.69, 9.17) is 14.2 Å². The summed E-state index contributed by atoms with van der Waals surface area (Å²) < 4.78 is 18.2. The smallest absolute Gasteiger partial charge is 0.234 e. The number of hydrogen-bond acceptors (Lipinski definition) is 7. The minimum Gasteiger partial charge on any atom is -0.497 e. The Bertz CT molecular complexity index is 1110. The van der Waals surface area contributed by atoms with Crippen LogP contribution in [0.5, 0.6) is 17.2 Å². The number of benzene rings is 2. The Kier molecular flexibility index (Phi) is 8.98. The van der Waals surface area contributed by atoms with E-state index in [0.29, 0.717) is 47.2 Å². The predicted octanol–water partition coefficient (Wildman–Crippen LogP) is 4.91. The number of thioether (sulfide) groups is 1. The molecule has 0 aliphatic rings. The molecular formula is C25H30N4O4S. The van der Waals surface area contributed by atoms with Gasteiger partial charge in [-0.05, 0) is 42.3 Å². The Balaban J connectivity index is 1.69. The van der Waals surface area contributed by atoms with Gasteiger partial charge in [0.1, 0.15) is 17.2 Å². The lowest BCUT2D eigenvalue weighted by molar-refractivity contribution is -0.113. The molecule has 0 saturated carbocycles. The van der Waals surface area contributed by atoms with Crippen LogP contribution in [-0.2, 0) is 11.3 Å². The minimum absolute atomic E-state index is 0.159. The van der Waals surface area contributed by atoms with Crippen molar-refractivity contribution in [1.82, 2.24) is 14.8 Å². The third-order valence-electron chi connectivity index (χ3n) is 4.74. The number of ether oxygens (including phenoxy) is 3. The van der Waals surface area contributed by atoms with E-state index in [0.717, 1.165) is 11.3 Å². The van der Waals surface area contributed by atoms with Crippen molar-refractivity contribution in [3.05, 3.63) is 55.1 Å². The second kappa shape index (κ2) is 12.1. The molecular weight excluding hydrogens is 452 g/mol. The number of hydrogen-bond donors (Lipinski definition) is 1. The van der Waals surface area contributed by atoms with Gasteiger partial charge in [-0.3, -0.25) is 9.36 Å². The second-order valence-corrected chi connectivity index (χ2v) is 8.78. The molecule has 0 saturated heterocycles. The van der Waals surface area contributed by atoms with Gasteiger partial charge in [0.2, 0.25) is 5.91 Å². The lowest BCUT2D eigenvalue weighted by atomic mass is 10.2. The first-order valence-corrected chi connectivity index (χ1v) is 11.9. The molecule has 3 aromatic rings. The average molecular weight is 483 g/mol. The van der Waals surface area contributed by atoms with E-state index < -0.39 is 0 Å². The lowest BCUT2D eigenvalue weighted by Gasteiger charge is -2.12. The molecule has 0 aliphatic heterocycles. The van der Waals surface area contributed by atoms with Crippen LogP contribution < -0.4 is 19.5 Å². The topological polar surface area (TPSA) is 87.5 Å². The van der Waals surface area contributed by atoms with E-state index >= 15 is 0 Å². The van der Waals surface area contributed by atoms with Crippen molar-refractivity contribution in [1.29, 1.82) is 0 Å². The van der Waals surface area contributed by atoms with Crippen LogP contribution in [0.4, 0.5) is 5.69 Å². The van der Waals surface area contributed by atoms with Crippen LogP contribution in [-0.4, -0.2) is 47.3 Å². The zero-order chi connectivity index (χ0) is 24.5. The summed E-state index contributed by atoms with van der Waals surface area (Å²) in [6, 6.07) is 13.0. The summed E-state index contributed by atoms with van der Waals surface area (Å²) in [4.78, 5) is 12.6. The summed E-state index contributed by atoms with van der Waals surface area (Å²) in [5, 5.41) is 12.2. The molecule has 9 heteroatoms. The zero-order valence-electron chi connectivity index (χ0n) is 19.9. The standard InChI is InChI=1S/C25H30N4O4S/c1-6-13-29-24(18-7-9-19(10-8-18)33-15-17(2)3)27-28-25(29)34-16-23(30)26-21-12-11-20(31-4)14-22(21)32-5/h6-12,14,17H,1,13,15-16H2,2-5H3,(H,26,30). The van der Waals surface area contributed by atoms with Gasteiger partial charge in [-0.15, -0.1) is 16.8 Å². The maximum absolute atomic E-state index is 12.6. The van der Waals surface area contributed by atoms with Crippen LogP contribution in [0.15, 0.2) is 60.3 Å². The van der Waals surface area contributed by atoms with Crippen molar-refractivity contribution in [3.8, 4) is 28.6 Å². The van der Waals surface area contributed by atoms with Gasteiger partial charge >= 0.3 is 0 Å². The molecule has 8 nitrogen and oxygen atoms in total. The van der Waals surface area contributed by atoms with Crippen molar-refractivity contribution >= 4 is 23.4 Å². The predicted molar refractivity (Wildman–Crippen MR) is 135 cm³/mol. The summed E-state index contributed by atoms with van der Waals surface area (Å²) in [6.45, 7) is 9.24. The van der Waals surface area contributed by atoms with E-state index in [1.807, 2.05) is 28.8 Å². The van der Waals surface area contributed by atoms with Crippen molar-refractivity contribution in [3.63, 3.8) is 0 Å². The lowest BCUT2D eigenvalue weighted by Crippen LogP contribution is -2.15. The van der Waals surface area contributed by atoms with Crippen molar-refractivity contribution in [2.24, 2.45) is 5.92 Å². The highest BCUT2D eigenvalue weighted by atomic mass is 32.2. The number of anilines is 1. The molecule has 0 atom stereocenters. The number of carbonyl (C=O) groups excluding carboxylic acids is 1. The molecule has 0 radical (unpaired) electrons. The number of rotatable bonds is 12. The third-order valence-corrected chi connectivity index (χ3v) is 5.71. The molecule has 2 aromatic carbocycles. The Hall–Kier alpha value is -3.46. The highest BCUT2D eigenvalue weighted by molar-refractivity contribution is 7.99. The summed E-state index contributed by atoms with van der Waals surface area (Å²) in [7, 11) is 3.12. The van der Waals surface area contributed by atoms with Gasteiger partial charge in [0.05, 0.1) is 32.3 Å². The SMILES string of the molecule is C=CCn1c(SCC(=O)Nc2ccc(OC)cc2OC)nnc1-c1ccc(OCC(C)C)cc1. The molecule has 3 rings (SSSR count). The Labute approximate surface area is 204 Å². The molecule has 1 N–H and O–H groups in total. The first kappa shape index (κ1) is 25.2. The fourth-order valence-electron chi connectivity index (χ4n) is 3.08. The molecule has 34 heavy (non-hydrogen) atoms. The normalized spacial score (nSPS) is 10.7. The zero-order valence-corrected chi connectivity index (χ0v) is 20.7. The first-order valence-electron chi connectivity index (χ1n) is 10.9. The summed E-state index contributed by atoms with van der Waals surface area (Å²) in [5.74, 6) is 3.12. The summed E-state index contributed by atoms with van der Waals surface area (Å²) in [5.41, 5.74) is 1.48. The molecule has 0 aliphatic carbocycles. The minimum atomic E-state index is -0.185. The van der Waals surface area contributed by atoms with Crippen LogP contribution >= 0.6 is 11.8 Å². The summed E-state index contributed by atoms with van der Waals surface area (Å²) in [6.07, 6.45) is 1.78. The number of allylic oxidation sites excluding steroid dienone is 1. The molecule has 1 amide bonds. The number of methoxy groups -OCH3 is 2. The van der Waals surface area contributed by atoms with E-state index in [1.165, 1.54) is 11.8 Å². The van der Waals surface area contributed by atoms with Crippen molar-refractivity contribution in [2.75, 3.05) is 31.9 Å². The summed E-state index contributed by atoms with van der Waals surface area (Å²) >= 11 is 1.30. The number of amides is 1. The van der Waals surface area contributed by atoms with E-state index in [9.17, 15) is 4.79 Å². The van der Waals surface area contributed by atoms with Crippen LogP contribution in [0.3, 0.4) is 0 Å². The van der Waals surface area contributed by atoms with E-state index in [-0.39, 0.29) is 11.7 Å². The Morgan fingerprint density at radius 2 is 1.85 bits per heavy atom. The van der Waals surface area contributed by atoms with Crippen LogP contribution in [0, 0.1) is 5.92 Å². The molecule has 0 unspecified atom stereocenters. The number of aromatic nitrogens is 3. The van der Waals surface area contributed by atoms with E-state index in [2.05, 4.69) is 35.9 Å². The van der Waals surface area contributed by atoms with Gasteiger partial charge in [-0.2, -0.15) is 0 Å². The molecule has 1 aromatic heterocycles. The van der Waals surface area contributed by atoms with E-state index in [1.54, 1.807) is 38.5 Å². The highest BCUT2D eigenvalue weighted by Gasteiger charge is 2.16. The van der Waals surface area contributed by atoms with Crippen LogP contribution in [0.25, 0.3) is 11.4 Å². The monoisotopic (exact) mass is 482 g/mol. The quantitative estimate of drug-likeness (QED) is 0.290. The van der Waals surface area contributed by atoms with Gasteiger partial charge in [0, 0.05) is 18.2 Å². The maximum atomic E-state index is 12.6. The molecule has 0 fully saturated rings. The van der Waals surface area contributed by atoms with Gasteiger partial charge in [-0.1, -0.05) is 31.7 Å². The molecule has 180 valence electrons. The van der Waals surface area contributed by atoms with Crippen molar-refractivity contribution < 1.29 is 19.0 Å². The maximum Gasteiger partial charge on any atom is 0.234 e. The van der Waals surface area contributed by atoms with Gasteiger partial charge in [0.15, 0.2) is 11.0 Å². The Morgan fingerprint density at radius 3 is 2.50 bits per heavy atom. The largest absolute Gasteiger partial charge is 0.497 e. The number of nitrogens with one attached hydrogen (secondary N) is 1. The third kappa shape index (κ3) is 6.54. The van der Waals surface area contributed by atoms with Crippen LogP contribution in [0.2, 0.25) is 0 Å². The average Bonchev–Trinajstić information content (AvgIpc) is 3.24. The van der Waals surface area contributed by atoms with Gasteiger partial charge < -0.3 is 19.5 Å². The number of carbonyl (C=O) groups is 1. The first-order chi connectivity index (χ1) is 16.4. The fourth-order valence-corrected chi connectivity index (χ4v) is 3.83. The molecule has 1 heterocycles. The Morgan fingerprint density at radius 1 is 1.12 bits per heavy atom. The molecule has 0 spiro atoms. The van der Waals surface area contributed by atoms with Gasteiger partial charge in [0.25, 0.3) is 0 Å². The fraction of sp³-hybridized carbons (Fsp3) is 0.320. The highest BCUT2D eigenvalue weighted by Crippen LogP contribution is 2.30. The van der Waals surface area contributed by atoms with Crippen molar-refractivity contribution in [2.45, 2.75) is 25.5 Å². The van der Waals surface area contributed by atoms with Gasteiger partial charge in [-0.25, -0.2) is 0 Å². The molecule has 0 bridgehead atoms.